The summed E-state index contributed by atoms with van der Waals surface area (Å²) in [5.74, 6) is -0.325. The van der Waals surface area contributed by atoms with Crippen LogP contribution in [-0.4, -0.2) is 15.0 Å². The van der Waals surface area contributed by atoms with Gasteiger partial charge in [0.05, 0.1) is 10.9 Å². The maximum absolute atomic E-state index is 12.4. The van der Waals surface area contributed by atoms with Crippen LogP contribution in [-0.2, 0) is 18.4 Å². The Morgan fingerprint density at radius 3 is 2.48 bits per heavy atom. The largest absolute Gasteiger partial charge is 0.331 e. The number of amides is 1. The summed E-state index contributed by atoms with van der Waals surface area (Å²) in [7, 11) is 1.41. The number of fused-ring (bicyclic) bond motifs is 1. The molecule has 0 fully saturated rings. The molecule has 1 amide bonds. The molecule has 2 aromatic carbocycles. The lowest BCUT2D eigenvalue weighted by atomic mass is 10.1. The van der Waals surface area contributed by atoms with E-state index in [-0.39, 0.29) is 18.0 Å². The van der Waals surface area contributed by atoms with Crippen molar-refractivity contribution in [1.82, 2.24) is 9.13 Å². The fourth-order valence-electron chi connectivity index (χ4n) is 2.76. The van der Waals surface area contributed by atoms with Gasteiger partial charge in [0.25, 0.3) is 5.56 Å². The molecule has 25 heavy (non-hydrogen) atoms. The van der Waals surface area contributed by atoms with E-state index in [0.717, 1.165) is 15.7 Å². The average Bonchev–Trinajstić information content (AvgIpc) is 2.60. The number of rotatable bonds is 3. The lowest BCUT2D eigenvalue weighted by Crippen LogP contribution is -2.40. The first-order chi connectivity index (χ1) is 11.9. The summed E-state index contributed by atoms with van der Waals surface area (Å²) >= 11 is 0. The van der Waals surface area contributed by atoms with Gasteiger partial charge in [0.2, 0.25) is 5.91 Å². The molecule has 1 N–H and O–H groups in total. The minimum absolute atomic E-state index is 0.166. The number of benzene rings is 2. The van der Waals surface area contributed by atoms with Crippen LogP contribution in [0, 0.1) is 13.8 Å². The van der Waals surface area contributed by atoms with Crippen LogP contribution >= 0.6 is 0 Å². The van der Waals surface area contributed by atoms with Crippen molar-refractivity contribution in [3.8, 4) is 0 Å². The molecule has 0 unspecified atom stereocenters. The van der Waals surface area contributed by atoms with Crippen molar-refractivity contribution in [3.63, 3.8) is 0 Å². The second-order valence-corrected chi connectivity index (χ2v) is 6.10. The fourth-order valence-corrected chi connectivity index (χ4v) is 2.76. The van der Waals surface area contributed by atoms with Crippen LogP contribution in [0.4, 0.5) is 5.69 Å². The SMILES string of the molecule is Cc1ccc(NC(=O)Cn2c(=O)n(C)c(=O)c3ccccc32)cc1C. The van der Waals surface area contributed by atoms with Gasteiger partial charge in [-0.15, -0.1) is 0 Å². The number of hydrogen-bond donors (Lipinski definition) is 1. The summed E-state index contributed by atoms with van der Waals surface area (Å²) < 4.78 is 2.33. The molecule has 3 aromatic rings. The molecule has 1 heterocycles. The predicted molar refractivity (Wildman–Crippen MR) is 98.0 cm³/mol. The second-order valence-electron chi connectivity index (χ2n) is 6.10. The number of nitrogens with one attached hydrogen (secondary N) is 1. The number of carbonyl (C=O) groups excluding carboxylic acids is 1. The molecule has 0 saturated carbocycles. The Labute approximate surface area is 144 Å². The standard InChI is InChI=1S/C19H19N3O3/c1-12-8-9-14(10-13(12)2)20-17(23)11-22-16-7-5-4-6-15(16)18(24)21(3)19(22)25/h4-10H,11H2,1-3H3,(H,20,23). The van der Waals surface area contributed by atoms with E-state index in [1.165, 1.54) is 11.6 Å². The highest BCUT2D eigenvalue weighted by molar-refractivity contribution is 5.91. The molecule has 3 rings (SSSR count). The highest BCUT2D eigenvalue weighted by Gasteiger charge is 2.13. The van der Waals surface area contributed by atoms with Crippen molar-refractivity contribution in [1.29, 1.82) is 0 Å². The average molecular weight is 337 g/mol. The zero-order valence-electron chi connectivity index (χ0n) is 14.4. The molecule has 6 nitrogen and oxygen atoms in total. The molecule has 0 atom stereocenters. The molecule has 0 aliphatic carbocycles. The molecule has 0 saturated heterocycles. The third kappa shape index (κ3) is 3.10. The third-order valence-corrected chi connectivity index (χ3v) is 4.34. The quantitative estimate of drug-likeness (QED) is 0.794. The molecule has 128 valence electrons. The van der Waals surface area contributed by atoms with Gasteiger partial charge in [0.15, 0.2) is 0 Å². The van der Waals surface area contributed by atoms with Crippen molar-refractivity contribution < 1.29 is 4.79 Å². The van der Waals surface area contributed by atoms with Crippen molar-refractivity contribution in [2.45, 2.75) is 20.4 Å². The van der Waals surface area contributed by atoms with Crippen LogP contribution in [0.15, 0.2) is 52.1 Å². The van der Waals surface area contributed by atoms with E-state index in [1.54, 1.807) is 24.3 Å². The predicted octanol–water partition coefficient (Wildman–Crippen LogP) is 1.96. The van der Waals surface area contributed by atoms with E-state index < -0.39 is 5.69 Å². The summed E-state index contributed by atoms with van der Waals surface area (Å²) in [6.07, 6.45) is 0. The Bertz CT molecular complexity index is 1090. The van der Waals surface area contributed by atoms with Crippen molar-refractivity contribution in [3.05, 3.63) is 74.4 Å². The number of para-hydroxylation sites is 1. The molecule has 0 spiro atoms. The fraction of sp³-hybridized carbons (Fsp3) is 0.211. The molecular formula is C19H19N3O3. The number of nitrogens with zero attached hydrogens (tertiary/aromatic N) is 2. The number of hydrogen-bond acceptors (Lipinski definition) is 3. The minimum Gasteiger partial charge on any atom is -0.325 e. The monoisotopic (exact) mass is 337 g/mol. The van der Waals surface area contributed by atoms with E-state index in [1.807, 2.05) is 32.0 Å². The topological polar surface area (TPSA) is 73.1 Å². The summed E-state index contributed by atoms with van der Waals surface area (Å²) in [6.45, 7) is 3.80. The van der Waals surface area contributed by atoms with E-state index in [9.17, 15) is 14.4 Å². The number of anilines is 1. The molecule has 1 aromatic heterocycles. The molecule has 0 aliphatic rings. The van der Waals surface area contributed by atoms with E-state index in [0.29, 0.717) is 16.6 Å². The van der Waals surface area contributed by atoms with Crippen molar-refractivity contribution in [2.75, 3.05) is 5.32 Å². The van der Waals surface area contributed by atoms with Gasteiger partial charge in [-0.2, -0.15) is 0 Å². The van der Waals surface area contributed by atoms with Crippen LogP contribution in [0.1, 0.15) is 11.1 Å². The van der Waals surface area contributed by atoms with Gasteiger partial charge in [0.1, 0.15) is 6.54 Å². The van der Waals surface area contributed by atoms with Gasteiger partial charge in [0, 0.05) is 12.7 Å². The summed E-state index contributed by atoms with van der Waals surface area (Å²) in [6, 6.07) is 12.4. The van der Waals surface area contributed by atoms with Gasteiger partial charge in [-0.05, 0) is 49.2 Å². The second kappa shape index (κ2) is 6.39. The molecule has 0 bridgehead atoms. The van der Waals surface area contributed by atoms with Gasteiger partial charge in [-0.25, -0.2) is 4.79 Å². The Balaban J connectivity index is 1.97. The van der Waals surface area contributed by atoms with Crippen LogP contribution < -0.4 is 16.6 Å². The van der Waals surface area contributed by atoms with E-state index in [4.69, 9.17) is 0 Å². The third-order valence-electron chi connectivity index (χ3n) is 4.34. The maximum atomic E-state index is 12.4. The summed E-state index contributed by atoms with van der Waals surface area (Å²) in [5, 5.41) is 3.20. The van der Waals surface area contributed by atoms with Gasteiger partial charge >= 0.3 is 5.69 Å². The van der Waals surface area contributed by atoms with Crippen LogP contribution in [0.5, 0.6) is 0 Å². The summed E-state index contributed by atoms with van der Waals surface area (Å²) in [4.78, 5) is 37.0. The lowest BCUT2D eigenvalue weighted by molar-refractivity contribution is -0.116. The maximum Gasteiger partial charge on any atom is 0.331 e. The van der Waals surface area contributed by atoms with Gasteiger partial charge < -0.3 is 5.32 Å². The zero-order chi connectivity index (χ0) is 18.1. The zero-order valence-corrected chi connectivity index (χ0v) is 14.4. The summed E-state index contributed by atoms with van der Waals surface area (Å²) in [5.41, 5.74) is 2.45. The molecular weight excluding hydrogens is 318 g/mol. The first-order valence-electron chi connectivity index (χ1n) is 7.94. The first-order valence-corrected chi connectivity index (χ1v) is 7.94. The molecule has 0 aliphatic heterocycles. The number of carbonyl (C=O) groups is 1. The Morgan fingerprint density at radius 1 is 1.04 bits per heavy atom. The Kier molecular flexibility index (Phi) is 4.27. The van der Waals surface area contributed by atoms with Crippen molar-refractivity contribution >= 4 is 22.5 Å². The highest BCUT2D eigenvalue weighted by Crippen LogP contribution is 2.14. The Morgan fingerprint density at radius 2 is 1.76 bits per heavy atom. The van der Waals surface area contributed by atoms with Crippen LogP contribution in [0.3, 0.4) is 0 Å². The normalized spacial score (nSPS) is 10.8. The number of aromatic nitrogens is 2. The van der Waals surface area contributed by atoms with Crippen LogP contribution in [0.2, 0.25) is 0 Å². The first kappa shape index (κ1) is 16.7. The Hall–Kier alpha value is -3.15. The van der Waals surface area contributed by atoms with Crippen LogP contribution in [0.25, 0.3) is 10.9 Å². The highest BCUT2D eigenvalue weighted by atomic mass is 16.2. The van der Waals surface area contributed by atoms with E-state index >= 15 is 0 Å². The van der Waals surface area contributed by atoms with Crippen molar-refractivity contribution in [2.24, 2.45) is 7.05 Å². The van der Waals surface area contributed by atoms with Gasteiger partial charge in [-0.1, -0.05) is 18.2 Å². The lowest BCUT2D eigenvalue weighted by Gasteiger charge is -2.12. The molecule has 6 heteroatoms. The van der Waals surface area contributed by atoms with E-state index in [2.05, 4.69) is 5.32 Å². The minimum atomic E-state index is -0.515. The smallest absolute Gasteiger partial charge is 0.325 e. The number of aryl methyl sites for hydroxylation is 2. The molecule has 0 radical (unpaired) electrons. The van der Waals surface area contributed by atoms with Gasteiger partial charge in [-0.3, -0.25) is 18.7 Å².